The van der Waals surface area contributed by atoms with Gasteiger partial charge in [0.05, 0.1) is 11.1 Å². The van der Waals surface area contributed by atoms with Crippen molar-refractivity contribution in [1.82, 2.24) is 15.0 Å². The predicted molar refractivity (Wildman–Crippen MR) is 149 cm³/mol. The summed E-state index contributed by atoms with van der Waals surface area (Å²) in [5.74, 6) is 3.86. The van der Waals surface area contributed by atoms with Crippen LogP contribution in [-0.4, -0.2) is 15.0 Å². The molecule has 0 saturated heterocycles. The first-order valence-electron chi connectivity index (χ1n) is 12.8. The second kappa shape index (κ2) is 8.36. The average Bonchev–Trinajstić information content (AvgIpc) is 3.01. The van der Waals surface area contributed by atoms with E-state index in [0.717, 1.165) is 62.1 Å². The van der Waals surface area contributed by atoms with Crippen LogP contribution < -0.4 is 9.47 Å². The molecule has 184 valence electrons. The molecule has 5 nitrogen and oxygen atoms in total. The van der Waals surface area contributed by atoms with Crippen LogP contribution in [0.25, 0.3) is 22.6 Å². The molecule has 8 rings (SSSR count). The molecule has 6 aromatic rings. The lowest BCUT2D eigenvalue weighted by molar-refractivity contribution is 0.399. The van der Waals surface area contributed by atoms with Crippen LogP contribution in [0.4, 0.5) is 0 Å². The lowest BCUT2D eigenvalue weighted by Crippen LogP contribution is -2.36. The predicted octanol–water partition coefficient (Wildman–Crippen LogP) is 7.80. The number of hydrogen-bond donors (Lipinski definition) is 0. The Kier molecular flexibility index (Phi) is 4.67. The maximum absolute atomic E-state index is 6.60. The molecule has 0 bridgehead atoms. The average molecular weight is 504 g/mol. The highest BCUT2D eigenvalue weighted by Crippen LogP contribution is 2.61. The van der Waals surface area contributed by atoms with Crippen LogP contribution in [0.5, 0.6) is 23.0 Å². The summed E-state index contributed by atoms with van der Waals surface area (Å²) in [6, 6.07) is 37.0. The number of ether oxygens (including phenoxy) is 2. The topological polar surface area (TPSA) is 57.1 Å². The fourth-order valence-electron chi connectivity index (χ4n) is 5.95. The van der Waals surface area contributed by atoms with Crippen LogP contribution in [0, 0.1) is 0 Å². The number of hydrogen-bond acceptors (Lipinski definition) is 5. The zero-order valence-corrected chi connectivity index (χ0v) is 20.8. The van der Waals surface area contributed by atoms with Gasteiger partial charge in [-0.15, -0.1) is 0 Å². The van der Waals surface area contributed by atoms with Gasteiger partial charge in [-0.25, -0.2) is 9.97 Å². The molecule has 2 aliphatic rings. The summed E-state index contributed by atoms with van der Waals surface area (Å²) >= 11 is 0. The first-order chi connectivity index (χ1) is 19.3. The minimum absolute atomic E-state index is 0.646. The summed E-state index contributed by atoms with van der Waals surface area (Å²) < 4.78 is 13.2. The van der Waals surface area contributed by atoms with E-state index in [9.17, 15) is 0 Å². The molecule has 0 aliphatic carbocycles. The van der Waals surface area contributed by atoms with E-state index in [1.165, 1.54) is 0 Å². The Morgan fingerprint density at radius 2 is 0.974 bits per heavy atom. The summed E-state index contributed by atoms with van der Waals surface area (Å²) in [5, 5.41) is 0. The zero-order chi connectivity index (χ0) is 25.8. The van der Waals surface area contributed by atoms with Crippen molar-refractivity contribution >= 4 is 0 Å². The lowest BCUT2D eigenvalue weighted by Gasteiger charge is -2.45. The third-order valence-corrected chi connectivity index (χ3v) is 7.58. The normalized spacial score (nSPS) is 16.2. The molecule has 0 fully saturated rings. The van der Waals surface area contributed by atoms with E-state index in [0.29, 0.717) is 5.82 Å². The van der Waals surface area contributed by atoms with E-state index in [-0.39, 0.29) is 0 Å². The molecular formula is C34H21N3O2. The number of fused-ring (bicyclic) bond motifs is 8. The summed E-state index contributed by atoms with van der Waals surface area (Å²) in [7, 11) is 0. The Labute approximate surface area is 225 Å². The van der Waals surface area contributed by atoms with Crippen molar-refractivity contribution in [3.8, 4) is 45.6 Å². The Morgan fingerprint density at radius 3 is 1.62 bits per heavy atom. The maximum Gasteiger partial charge on any atom is 0.159 e. The van der Waals surface area contributed by atoms with Crippen LogP contribution in [0.15, 0.2) is 128 Å². The maximum atomic E-state index is 6.60. The minimum Gasteiger partial charge on any atom is -0.457 e. The molecule has 2 aliphatic heterocycles. The second-order valence-electron chi connectivity index (χ2n) is 9.66. The van der Waals surface area contributed by atoms with E-state index < -0.39 is 5.41 Å². The summed E-state index contributed by atoms with van der Waals surface area (Å²) in [4.78, 5) is 13.5. The van der Waals surface area contributed by atoms with Gasteiger partial charge in [0.25, 0.3) is 0 Å². The van der Waals surface area contributed by atoms with E-state index in [1.807, 2.05) is 60.8 Å². The third kappa shape index (κ3) is 3.17. The highest BCUT2D eigenvalue weighted by atomic mass is 16.5. The van der Waals surface area contributed by atoms with Crippen molar-refractivity contribution in [1.29, 1.82) is 0 Å². The van der Waals surface area contributed by atoms with Gasteiger partial charge in [0.15, 0.2) is 5.82 Å². The Balaban J connectivity index is 1.44. The van der Waals surface area contributed by atoms with Gasteiger partial charge in [-0.2, -0.15) is 0 Å². The summed E-state index contributed by atoms with van der Waals surface area (Å²) in [5.41, 5.74) is 6.40. The molecule has 4 aromatic carbocycles. The Hall–Kier alpha value is -5.29. The third-order valence-electron chi connectivity index (χ3n) is 7.58. The van der Waals surface area contributed by atoms with Crippen LogP contribution in [0.2, 0.25) is 0 Å². The van der Waals surface area contributed by atoms with Crippen LogP contribution in [0.1, 0.15) is 22.3 Å². The van der Waals surface area contributed by atoms with E-state index in [1.54, 1.807) is 12.4 Å². The number of para-hydroxylation sites is 2. The molecule has 0 N–H and O–H groups in total. The number of pyridine rings is 1. The fourth-order valence-corrected chi connectivity index (χ4v) is 5.95. The van der Waals surface area contributed by atoms with E-state index >= 15 is 0 Å². The molecule has 1 spiro atoms. The van der Waals surface area contributed by atoms with Crippen molar-refractivity contribution in [3.05, 3.63) is 150 Å². The highest BCUT2D eigenvalue weighted by molar-refractivity contribution is 5.78. The quantitative estimate of drug-likeness (QED) is 0.241. The Bertz CT molecular complexity index is 1730. The molecule has 5 heteroatoms. The highest BCUT2D eigenvalue weighted by Gasteiger charge is 2.50. The van der Waals surface area contributed by atoms with Crippen molar-refractivity contribution < 1.29 is 9.47 Å². The molecular weight excluding hydrogens is 482 g/mol. The molecule has 2 aromatic heterocycles. The molecule has 39 heavy (non-hydrogen) atoms. The standard InChI is InChI=1S/C34H21N3O2/c1-3-11-29-24(8-1)34(26-15-13-22(20-31(26)38-29)28-10-5-6-17-35-28)25-9-2-4-12-30(25)39-32-21-23(14-16-27(32)34)33-36-18-7-19-37-33/h1-21H. The largest absolute Gasteiger partial charge is 0.457 e. The number of nitrogens with zero attached hydrogens (tertiary/aromatic N) is 3. The zero-order valence-electron chi connectivity index (χ0n) is 20.8. The molecule has 0 radical (unpaired) electrons. The van der Waals surface area contributed by atoms with Crippen molar-refractivity contribution in [2.45, 2.75) is 5.41 Å². The number of rotatable bonds is 2. The smallest absolute Gasteiger partial charge is 0.159 e. The number of aromatic nitrogens is 3. The van der Waals surface area contributed by atoms with Crippen molar-refractivity contribution in [2.75, 3.05) is 0 Å². The van der Waals surface area contributed by atoms with Crippen LogP contribution >= 0.6 is 0 Å². The second-order valence-corrected chi connectivity index (χ2v) is 9.66. The van der Waals surface area contributed by atoms with Crippen LogP contribution in [0.3, 0.4) is 0 Å². The van der Waals surface area contributed by atoms with Gasteiger partial charge in [0.1, 0.15) is 23.0 Å². The monoisotopic (exact) mass is 503 g/mol. The SMILES string of the molecule is c1ccc(-c2ccc3c(c2)Oc2ccccc2C32c3ccccc3Oc3cc(-c4ncccn4)ccc32)nc1. The summed E-state index contributed by atoms with van der Waals surface area (Å²) in [6.45, 7) is 0. The minimum atomic E-state index is -0.646. The fraction of sp³-hybridized carbons (Fsp3) is 0.0294. The van der Waals surface area contributed by atoms with Gasteiger partial charge in [-0.05, 0) is 42.5 Å². The van der Waals surface area contributed by atoms with Crippen LogP contribution in [-0.2, 0) is 5.41 Å². The van der Waals surface area contributed by atoms with Gasteiger partial charge in [0.2, 0.25) is 0 Å². The first-order valence-corrected chi connectivity index (χ1v) is 12.8. The van der Waals surface area contributed by atoms with Gasteiger partial charge < -0.3 is 9.47 Å². The van der Waals surface area contributed by atoms with Crippen molar-refractivity contribution in [2.24, 2.45) is 0 Å². The molecule has 1 atom stereocenters. The molecule has 0 amide bonds. The molecule has 4 heterocycles. The van der Waals surface area contributed by atoms with Gasteiger partial charge in [-0.3, -0.25) is 4.98 Å². The van der Waals surface area contributed by atoms with E-state index in [2.05, 4.69) is 69.5 Å². The van der Waals surface area contributed by atoms with Gasteiger partial charge >= 0.3 is 0 Å². The Morgan fingerprint density at radius 1 is 0.436 bits per heavy atom. The molecule has 1 unspecified atom stereocenters. The summed E-state index contributed by atoms with van der Waals surface area (Å²) in [6.07, 6.45) is 5.32. The van der Waals surface area contributed by atoms with Gasteiger partial charge in [0, 0.05) is 52.0 Å². The first kappa shape index (κ1) is 21.8. The lowest BCUT2D eigenvalue weighted by atomic mass is 9.62. The molecule has 0 saturated carbocycles. The number of benzene rings is 4. The van der Waals surface area contributed by atoms with Crippen molar-refractivity contribution in [3.63, 3.8) is 0 Å². The van der Waals surface area contributed by atoms with E-state index in [4.69, 9.17) is 9.47 Å². The van der Waals surface area contributed by atoms with Gasteiger partial charge in [-0.1, -0.05) is 66.7 Å².